The molecule has 2 aromatic carbocycles. The van der Waals surface area contributed by atoms with E-state index >= 15 is 0 Å². The van der Waals surface area contributed by atoms with Crippen LogP contribution in [0.1, 0.15) is 25.5 Å². The zero-order valence-corrected chi connectivity index (χ0v) is 15.3. The summed E-state index contributed by atoms with van der Waals surface area (Å²) in [4.78, 5) is 18.3. The maximum absolute atomic E-state index is 13.3. The molecule has 0 unspecified atom stereocenters. The second-order valence-electron chi connectivity index (χ2n) is 6.45. The molecule has 0 fully saturated rings. The van der Waals surface area contributed by atoms with Gasteiger partial charge in [-0.25, -0.2) is 4.98 Å². The van der Waals surface area contributed by atoms with E-state index in [1.165, 1.54) is 0 Å². The summed E-state index contributed by atoms with van der Waals surface area (Å²) in [5, 5.41) is 2.73. The van der Waals surface area contributed by atoms with Crippen molar-refractivity contribution in [3.63, 3.8) is 0 Å². The summed E-state index contributed by atoms with van der Waals surface area (Å²) in [6.07, 6.45) is 4.64. The van der Waals surface area contributed by atoms with Gasteiger partial charge >= 0.3 is 0 Å². The molecule has 3 nitrogen and oxygen atoms in total. The number of hydrogen-bond donors (Lipinski definition) is 0. The highest BCUT2D eigenvalue weighted by Gasteiger charge is 2.16. The maximum Gasteiger partial charge on any atom is 0.266 e. The van der Waals surface area contributed by atoms with Crippen molar-refractivity contribution < 1.29 is 0 Å². The molecule has 130 valence electrons. The number of hydrogen-bond acceptors (Lipinski definition) is 2. The van der Waals surface area contributed by atoms with Crippen molar-refractivity contribution in [2.24, 2.45) is 0 Å². The Morgan fingerprint density at radius 3 is 2.58 bits per heavy atom. The van der Waals surface area contributed by atoms with Crippen LogP contribution in [-0.4, -0.2) is 9.38 Å². The smallest absolute Gasteiger partial charge is 0.266 e. The second kappa shape index (κ2) is 6.93. The highest BCUT2D eigenvalue weighted by molar-refractivity contribution is 6.30. The first-order chi connectivity index (χ1) is 12.7. The van der Waals surface area contributed by atoms with Crippen LogP contribution in [0.15, 0.2) is 65.6 Å². The molecule has 26 heavy (non-hydrogen) atoms. The Hall–Kier alpha value is -2.65. The molecular weight excluding hydrogens is 344 g/mol. The predicted octanol–water partition coefficient (Wildman–Crippen LogP) is 5.51. The minimum Gasteiger partial charge on any atom is -0.268 e. The lowest BCUT2D eigenvalue weighted by Crippen LogP contribution is -2.20. The van der Waals surface area contributed by atoms with E-state index in [2.05, 4.69) is 6.92 Å². The van der Waals surface area contributed by atoms with Crippen molar-refractivity contribution in [3.05, 3.63) is 81.9 Å². The molecule has 0 spiro atoms. The minimum absolute atomic E-state index is 0.0332. The average molecular weight is 363 g/mol. The van der Waals surface area contributed by atoms with Crippen LogP contribution in [0.3, 0.4) is 0 Å². The Labute approximate surface area is 156 Å². The molecule has 0 saturated carbocycles. The number of fused-ring (bicyclic) bond motifs is 3. The number of aryl methyl sites for hydroxylation is 1. The molecule has 4 heteroatoms. The molecule has 0 aliphatic rings. The van der Waals surface area contributed by atoms with E-state index in [1.54, 1.807) is 4.40 Å². The average Bonchev–Trinajstić information content (AvgIpc) is 2.67. The molecular formula is C22H19ClN2O. The fourth-order valence-electron chi connectivity index (χ4n) is 3.34. The van der Waals surface area contributed by atoms with Crippen LogP contribution in [0.25, 0.3) is 27.5 Å². The number of rotatable bonds is 4. The SMILES string of the molecule is CCCCc1nc2c3ccccc3ccn2c(=O)c1-c1ccc(Cl)cc1. The van der Waals surface area contributed by atoms with Gasteiger partial charge in [-0.3, -0.25) is 9.20 Å². The van der Waals surface area contributed by atoms with Gasteiger partial charge in [0.2, 0.25) is 0 Å². The summed E-state index contributed by atoms with van der Waals surface area (Å²) in [5.41, 5.74) is 3.07. The number of nitrogens with zero attached hydrogens (tertiary/aromatic N) is 2. The Morgan fingerprint density at radius 2 is 1.81 bits per heavy atom. The summed E-state index contributed by atoms with van der Waals surface area (Å²) in [6.45, 7) is 2.14. The van der Waals surface area contributed by atoms with Crippen molar-refractivity contribution in [1.29, 1.82) is 0 Å². The van der Waals surface area contributed by atoms with E-state index in [4.69, 9.17) is 16.6 Å². The molecule has 2 heterocycles. The van der Waals surface area contributed by atoms with Crippen molar-refractivity contribution in [1.82, 2.24) is 9.38 Å². The van der Waals surface area contributed by atoms with Crippen molar-refractivity contribution in [2.45, 2.75) is 26.2 Å². The molecule has 0 radical (unpaired) electrons. The number of aromatic nitrogens is 2. The van der Waals surface area contributed by atoms with E-state index in [-0.39, 0.29) is 5.56 Å². The first-order valence-electron chi connectivity index (χ1n) is 8.88. The maximum atomic E-state index is 13.3. The van der Waals surface area contributed by atoms with E-state index in [0.717, 1.165) is 46.9 Å². The second-order valence-corrected chi connectivity index (χ2v) is 6.88. The highest BCUT2D eigenvalue weighted by atomic mass is 35.5. The van der Waals surface area contributed by atoms with Crippen molar-refractivity contribution in [3.8, 4) is 11.1 Å². The van der Waals surface area contributed by atoms with Crippen LogP contribution in [0, 0.1) is 0 Å². The van der Waals surface area contributed by atoms with Crippen molar-refractivity contribution >= 4 is 28.0 Å². The van der Waals surface area contributed by atoms with Gasteiger partial charge < -0.3 is 0 Å². The molecule has 0 aliphatic heterocycles. The van der Waals surface area contributed by atoms with Gasteiger partial charge in [0.1, 0.15) is 5.65 Å². The normalized spacial score (nSPS) is 11.3. The molecule has 4 rings (SSSR count). The van der Waals surface area contributed by atoms with Crippen LogP contribution >= 0.6 is 11.6 Å². The lowest BCUT2D eigenvalue weighted by Gasteiger charge is -2.12. The molecule has 0 atom stereocenters. The third kappa shape index (κ3) is 2.89. The van der Waals surface area contributed by atoms with Gasteiger partial charge in [0.15, 0.2) is 0 Å². The van der Waals surface area contributed by atoms with Gasteiger partial charge in [-0.2, -0.15) is 0 Å². The molecule has 2 aromatic heterocycles. The number of halogens is 1. The summed E-state index contributed by atoms with van der Waals surface area (Å²) in [5.74, 6) is 0. The number of benzene rings is 2. The fourth-order valence-corrected chi connectivity index (χ4v) is 3.46. The van der Waals surface area contributed by atoms with Gasteiger partial charge in [-0.05, 0) is 42.0 Å². The van der Waals surface area contributed by atoms with Gasteiger partial charge in [0.25, 0.3) is 5.56 Å². The Kier molecular flexibility index (Phi) is 4.48. The third-order valence-electron chi connectivity index (χ3n) is 4.70. The van der Waals surface area contributed by atoms with Crippen LogP contribution in [0.4, 0.5) is 0 Å². The monoisotopic (exact) mass is 362 g/mol. The molecule has 4 aromatic rings. The van der Waals surface area contributed by atoms with E-state index in [0.29, 0.717) is 10.6 Å². The number of pyridine rings is 1. The number of unbranched alkanes of at least 4 members (excludes halogenated alkanes) is 1. The van der Waals surface area contributed by atoms with Crippen LogP contribution in [-0.2, 0) is 6.42 Å². The summed E-state index contributed by atoms with van der Waals surface area (Å²) in [7, 11) is 0. The van der Waals surface area contributed by atoms with Crippen LogP contribution < -0.4 is 5.56 Å². The minimum atomic E-state index is -0.0332. The first kappa shape index (κ1) is 16.8. The largest absolute Gasteiger partial charge is 0.268 e. The quantitative estimate of drug-likeness (QED) is 0.448. The highest BCUT2D eigenvalue weighted by Crippen LogP contribution is 2.25. The molecule has 0 N–H and O–H groups in total. The van der Waals surface area contributed by atoms with Crippen molar-refractivity contribution in [2.75, 3.05) is 0 Å². The third-order valence-corrected chi connectivity index (χ3v) is 4.95. The van der Waals surface area contributed by atoms with E-state index in [1.807, 2.05) is 60.8 Å². The Balaban J connectivity index is 2.06. The van der Waals surface area contributed by atoms with Gasteiger partial charge in [0.05, 0.1) is 11.3 Å². The fraction of sp³-hybridized carbons (Fsp3) is 0.182. The van der Waals surface area contributed by atoms with E-state index < -0.39 is 0 Å². The summed E-state index contributed by atoms with van der Waals surface area (Å²) in [6, 6.07) is 17.4. The van der Waals surface area contributed by atoms with E-state index in [9.17, 15) is 4.79 Å². The molecule has 0 amide bonds. The Morgan fingerprint density at radius 1 is 1.04 bits per heavy atom. The summed E-state index contributed by atoms with van der Waals surface area (Å²) >= 11 is 6.02. The lowest BCUT2D eigenvalue weighted by molar-refractivity contribution is 0.775. The molecule has 0 saturated heterocycles. The topological polar surface area (TPSA) is 34.4 Å². The zero-order valence-electron chi connectivity index (χ0n) is 14.6. The molecule has 0 bridgehead atoms. The standard InChI is InChI=1S/C22H19ClN2O/c1-2-3-8-19-20(16-9-11-17(23)12-10-16)22(26)25-14-13-15-6-4-5-7-18(15)21(25)24-19/h4-7,9-14H,2-3,8H2,1H3. The van der Waals surface area contributed by atoms with Crippen LogP contribution in [0.5, 0.6) is 0 Å². The first-order valence-corrected chi connectivity index (χ1v) is 9.26. The van der Waals surface area contributed by atoms with Gasteiger partial charge in [-0.15, -0.1) is 0 Å². The zero-order chi connectivity index (χ0) is 18.1. The molecule has 0 aliphatic carbocycles. The van der Waals surface area contributed by atoms with Gasteiger partial charge in [-0.1, -0.05) is 61.3 Å². The van der Waals surface area contributed by atoms with Gasteiger partial charge in [0, 0.05) is 16.6 Å². The Bertz CT molecular complexity index is 1150. The summed E-state index contributed by atoms with van der Waals surface area (Å²) < 4.78 is 1.65. The van der Waals surface area contributed by atoms with Crippen LogP contribution in [0.2, 0.25) is 5.02 Å². The lowest BCUT2D eigenvalue weighted by atomic mass is 10.0. The predicted molar refractivity (Wildman–Crippen MR) is 108 cm³/mol.